The molecule has 1 heterocycles. The summed E-state index contributed by atoms with van der Waals surface area (Å²) in [6.45, 7) is 5.24. The van der Waals surface area contributed by atoms with Gasteiger partial charge in [0.1, 0.15) is 5.54 Å². The Morgan fingerprint density at radius 3 is 2.38 bits per heavy atom. The van der Waals surface area contributed by atoms with Crippen LogP contribution in [0.5, 0.6) is 0 Å². The summed E-state index contributed by atoms with van der Waals surface area (Å²) in [6, 6.07) is -0.399. The van der Waals surface area contributed by atoms with Gasteiger partial charge in [-0.1, -0.05) is 6.92 Å². The largest absolute Gasteiger partial charge is 0.326 e. The molecule has 0 aliphatic carbocycles. The van der Waals surface area contributed by atoms with E-state index in [4.69, 9.17) is 5.73 Å². The fraction of sp³-hybridized carbons (Fsp3) is 0.750. The van der Waals surface area contributed by atoms with Crippen molar-refractivity contribution in [2.24, 2.45) is 5.73 Å². The van der Waals surface area contributed by atoms with Crippen LogP contribution >= 0.6 is 0 Å². The summed E-state index contributed by atoms with van der Waals surface area (Å²) in [5.74, 6) is -0.290. The van der Waals surface area contributed by atoms with Gasteiger partial charge in [-0.15, -0.1) is 0 Å². The van der Waals surface area contributed by atoms with Crippen LogP contribution in [0.2, 0.25) is 0 Å². The summed E-state index contributed by atoms with van der Waals surface area (Å²) in [5.41, 5.74) is 4.89. The number of nitrogens with two attached hydrogens (primary N) is 1. The maximum absolute atomic E-state index is 11.3. The van der Waals surface area contributed by atoms with E-state index in [9.17, 15) is 9.59 Å². The molecule has 0 radical (unpaired) electrons. The van der Waals surface area contributed by atoms with Crippen LogP contribution in [0.3, 0.4) is 0 Å². The van der Waals surface area contributed by atoms with Gasteiger partial charge in [0, 0.05) is 0 Å². The Morgan fingerprint density at radius 2 is 2.08 bits per heavy atom. The molecule has 1 unspecified atom stereocenters. The summed E-state index contributed by atoms with van der Waals surface area (Å²) >= 11 is 0. The highest BCUT2D eigenvalue weighted by Gasteiger charge is 2.47. The van der Waals surface area contributed by atoms with Crippen LogP contribution in [0.4, 0.5) is 4.79 Å². The predicted octanol–water partition coefficient (Wildman–Crippen LogP) is 0.0116. The number of rotatable bonds is 2. The first-order valence-electron chi connectivity index (χ1n) is 4.31. The molecule has 5 heteroatoms. The van der Waals surface area contributed by atoms with Crippen LogP contribution in [-0.2, 0) is 4.79 Å². The van der Waals surface area contributed by atoms with Crippen molar-refractivity contribution in [1.29, 1.82) is 0 Å². The minimum Gasteiger partial charge on any atom is -0.311 e. The molecule has 13 heavy (non-hydrogen) atoms. The second kappa shape index (κ2) is 2.99. The van der Waals surface area contributed by atoms with Crippen LogP contribution in [0.15, 0.2) is 0 Å². The van der Waals surface area contributed by atoms with E-state index in [0.717, 1.165) is 0 Å². The zero-order valence-corrected chi connectivity index (χ0v) is 8.13. The Labute approximate surface area is 77.3 Å². The molecule has 3 amide bonds. The van der Waals surface area contributed by atoms with Gasteiger partial charge in [-0.05, 0) is 20.3 Å². The number of amides is 3. The molecule has 0 aromatic rings. The van der Waals surface area contributed by atoms with Crippen LogP contribution in [0.1, 0.15) is 27.2 Å². The molecule has 1 saturated heterocycles. The normalized spacial score (nSPS) is 23.2. The third-order valence-corrected chi connectivity index (χ3v) is 2.35. The van der Waals surface area contributed by atoms with Gasteiger partial charge >= 0.3 is 6.03 Å². The lowest BCUT2D eigenvalue weighted by Gasteiger charge is -2.32. The molecule has 0 bridgehead atoms. The fourth-order valence-corrected chi connectivity index (χ4v) is 1.42. The molecule has 0 aromatic heterocycles. The smallest absolute Gasteiger partial charge is 0.311 e. The Kier molecular flexibility index (Phi) is 2.30. The van der Waals surface area contributed by atoms with E-state index in [1.807, 2.05) is 6.92 Å². The fourth-order valence-electron chi connectivity index (χ4n) is 1.42. The first kappa shape index (κ1) is 9.98. The molecule has 1 aliphatic rings. The van der Waals surface area contributed by atoms with Gasteiger partial charge in [0.15, 0.2) is 0 Å². The minimum absolute atomic E-state index is 0.290. The van der Waals surface area contributed by atoms with Crippen molar-refractivity contribution in [3.8, 4) is 0 Å². The Hall–Kier alpha value is -1.10. The van der Waals surface area contributed by atoms with Gasteiger partial charge in [0.2, 0.25) is 0 Å². The molecule has 1 aliphatic heterocycles. The van der Waals surface area contributed by atoms with E-state index < -0.39 is 17.7 Å². The number of nitrogens with zero attached hydrogens (tertiary/aromatic N) is 1. The average molecular weight is 185 g/mol. The van der Waals surface area contributed by atoms with Gasteiger partial charge in [-0.25, -0.2) is 4.79 Å². The average Bonchev–Trinajstić information content (AvgIpc) is 2.21. The molecule has 74 valence electrons. The molecule has 1 rings (SSSR count). The van der Waals surface area contributed by atoms with Crippen molar-refractivity contribution in [2.75, 3.05) is 0 Å². The lowest BCUT2D eigenvalue weighted by molar-refractivity contribution is -0.125. The maximum atomic E-state index is 11.3. The maximum Gasteiger partial charge on any atom is 0.326 e. The number of hydrogen-bond donors (Lipinski definition) is 2. The second-order valence-corrected chi connectivity index (χ2v) is 3.66. The summed E-state index contributed by atoms with van der Waals surface area (Å²) < 4.78 is 0. The Bertz CT molecular complexity index is 250. The molecule has 0 aromatic carbocycles. The van der Waals surface area contributed by atoms with Crippen LogP contribution in [0.25, 0.3) is 0 Å². The highest BCUT2D eigenvalue weighted by Crippen LogP contribution is 2.22. The van der Waals surface area contributed by atoms with Gasteiger partial charge in [0.25, 0.3) is 5.91 Å². The van der Waals surface area contributed by atoms with Crippen molar-refractivity contribution in [3.63, 3.8) is 0 Å². The number of hydrogen-bond acceptors (Lipinski definition) is 3. The summed E-state index contributed by atoms with van der Waals surface area (Å²) in [7, 11) is 0. The monoisotopic (exact) mass is 185 g/mol. The molecule has 1 atom stereocenters. The standard InChI is InChI=1S/C8H15N3O2/c1-4-5(9)11-7(13)10-6(12)8(11,2)3/h5H,4,9H2,1-3H3,(H,10,12,13). The van der Waals surface area contributed by atoms with Crippen LogP contribution in [0, 0.1) is 0 Å². The highest BCUT2D eigenvalue weighted by molar-refractivity contribution is 6.06. The number of carbonyl (C=O) groups excluding carboxylic acids is 2. The first-order valence-corrected chi connectivity index (χ1v) is 4.31. The van der Waals surface area contributed by atoms with E-state index in [1.54, 1.807) is 13.8 Å². The lowest BCUT2D eigenvalue weighted by Crippen LogP contribution is -2.53. The number of urea groups is 1. The number of imide groups is 1. The topological polar surface area (TPSA) is 75.4 Å². The van der Waals surface area contributed by atoms with Gasteiger partial charge in [0.05, 0.1) is 6.17 Å². The molecule has 3 N–H and O–H groups in total. The molecule has 0 saturated carbocycles. The van der Waals surface area contributed by atoms with Crippen LogP contribution < -0.4 is 11.1 Å². The minimum atomic E-state index is -0.827. The van der Waals surface area contributed by atoms with Crippen molar-refractivity contribution in [3.05, 3.63) is 0 Å². The lowest BCUT2D eigenvalue weighted by atomic mass is 10.0. The van der Waals surface area contributed by atoms with Gasteiger partial charge < -0.3 is 5.73 Å². The van der Waals surface area contributed by atoms with Crippen LogP contribution in [-0.4, -0.2) is 28.5 Å². The van der Waals surface area contributed by atoms with E-state index in [2.05, 4.69) is 5.32 Å². The van der Waals surface area contributed by atoms with E-state index in [1.165, 1.54) is 4.90 Å². The van der Waals surface area contributed by atoms with Crippen molar-refractivity contribution < 1.29 is 9.59 Å². The van der Waals surface area contributed by atoms with E-state index in [0.29, 0.717) is 6.42 Å². The second-order valence-electron chi connectivity index (χ2n) is 3.66. The summed E-state index contributed by atoms with van der Waals surface area (Å²) in [4.78, 5) is 24.0. The quantitative estimate of drug-likeness (QED) is 0.595. The zero-order chi connectivity index (χ0) is 10.2. The molecular formula is C8H15N3O2. The van der Waals surface area contributed by atoms with Gasteiger partial charge in [-0.2, -0.15) is 0 Å². The predicted molar refractivity (Wildman–Crippen MR) is 47.7 cm³/mol. The Balaban J connectivity index is 2.95. The first-order chi connectivity index (χ1) is 5.91. The molecule has 0 spiro atoms. The van der Waals surface area contributed by atoms with Crippen molar-refractivity contribution in [2.45, 2.75) is 38.9 Å². The number of nitrogens with one attached hydrogen (secondary N) is 1. The van der Waals surface area contributed by atoms with Crippen molar-refractivity contribution in [1.82, 2.24) is 10.2 Å². The number of carbonyl (C=O) groups is 2. The highest BCUT2D eigenvalue weighted by atomic mass is 16.2. The van der Waals surface area contributed by atoms with Gasteiger partial charge in [-0.3, -0.25) is 15.0 Å². The van der Waals surface area contributed by atoms with E-state index in [-0.39, 0.29) is 5.91 Å². The zero-order valence-electron chi connectivity index (χ0n) is 8.13. The Morgan fingerprint density at radius 1 is 1.54 bits per heavy atom. The van der Waals surface area contributed by atoms with E-state index >= 15 is 0 Å². The molecule has 1 fully saturated rings. The molecular weight excluding hydrogens is 170 g/mol. The molecule has 5 nitrogen and oxygen atoms in total. The third kappa shape index (κ3) is 1.39. The summed E-state index contributed by atoms with van der Waals surface area (Å²) in [6.07, 6.45) is 0.228. The SMILES string of the molecule is CCC(N)N1C(=O)NC(=O)C1(C)C. The van der Waals surface area contributed by atoms with Crippen molar-refractivity contribution >= 4 is 11.9 Å². The third-order valence-electron chi connectivity index (χ3n) is 2.35. The summed E-state index contributed by atoms with van der Waals surface area (Å²) in [5, 5.41) is 2.24.